The average Bonchev–Trinajstić information content (AvgIpc) is 2.42. The number of benzene rings is 2. The number of nitrogens with one attached hydrogen (secondary N) is 1. The molecule has 2 aromatic carbocycles. The Hall–Kier alpha value is -2.23. The number of hydrogen-bond donors (Lipinski definition) is 2. The van der Waals surface area contributed by atoms with E-state index in [2.05, 4.69) is 5.32 Å². The molecule has 3 N–H and O–H groups in total. The molecule has 2 aromatic rings. The first-order valence-electron chi connectivity index (χ1n) is 6.11. The van der Waals surface area contributed by atoms with Crippen LogP contribution in [0.4, 0.5) is 15.8 Å². The van der Waals surface area contributed by atoms with Gasteiger partial charge in [-0.1, -0.05) is 12.1 Å². The van der Waals surface area contributed by atoms with E-state index in [9.17, 15) is 4.39 Å². The highest BCUT2D eigenvalue weighted by atomic mass is 19.1. The van der Waals surface area contributed by atoms with Gasteiger partial charge in [0.05, 0.1) is 12.8 Å². The van der Waals surface area contributed by atoms with Crippen molar-refractivity contribution in [3.05, 3.63) is 53.8 Å². The van der Waals surface area contributed by atoms with Crippen LogP contribution in [0.15, 0.2) is 42.5 Å². The fourth-order valence-corrected chi connectivity index (χ4v) is 1.81. The number of rotatable bonds is 5. The molecule has 4 heteroatoms. The number of ether oxygens (including phenoxy) is 1. The second-order valence-electron chi connectivity index (χ2n) is 4.26. The highest BCUT2D eigenvalue weighted by molar-refractivity contribution is 5.52. The largest absolute Gasteiger partial charge is 0.497 e. The first-order valence-corrected chi connectivity index (χ1v) is 6.11. The van der Waals surface area contributed by atoms with Gasteiger partial charge >= 0.3 is 0 Å². The van der Waals surface area contributed by atoms with Crippen LogP contribution in [-0.2, 0) is 6.42 Å². The average molecular weight is 260 g/mol. The number of methoxy groups -OCH3 is 1. The third kappa shape index (κ3) is 3.61. The minimum atomic E-state index is -0.324. The standard InChI is InChI=1S/C15H17FN2O/c1-19-13-5-2-11(3-6-13)8-9-18-15-7-4-12(17)10-14(15)16/h2-7,10,18H,8-9,17H2,1H3. The fraction of sp³-hybridized carbons (Fsp3) is 0.200. The van der Waals surface area contributed by atoms with Crippen LogP contribution in [0.1, 0.15) is 5.56 Å². The van der Waals surface area contributed by atoms with E-state index < -0.39 is 0 Å². The van der Waals surface area contributed by atoms with E-state index in [1.54, 1.807) is 19.2 Å². The lowest BCUT2D eigenvalue weighted by atomic mass is 10.1. The van der Waals surface area contributed by atoms with Gasteiger partial charge in [0.1, 0.15) is 11.6 Å². The molecule has 0 bridgehead atoms. The van der Waals surface area contributed by atoms with E-state index in [0.717, 1.165) is 12.2 Å². The maximum atomic E-state index is 13.5. The van der Waals surface area contributed by atoms with Gasteiger partial charge in [-0.25, -0.2) is 4.39 Å². The van der Waals surface area contributed by atoms with Crippen molar-refractivity contribution < 1.29 is 9.13 Å². The van der Waals surface area contributed by atoms with Crippen molar-refractivity contribution >= 4 is 11.4 Å². The summed E-state index contributed by atoms with van der Waals surface area (Å²) in [6.45, 7) is 0.660. The Morgan fingerprint density at radius 3 is 2.53 bits per heavy atom. The van der Waals surface area contributed by atoms with Crippen LogP contribution in [0.3, 0.4) is 0 Å². The predicted octanol–water partition coefficient (Wildman–Crippen LogP) is 3.07. The molecule has 0 heterocycles. The summed E-state index contributed by atoms with van der Waals surface area (Å²) in [7, 11) is 1.64. The van der Waals surface area contributed by atoms with Gasteiger partial charge in [-0.3, -0.25) is 0 Å². The van der Waals surface area contributed by atoms with Crippen molar-refractivity contribution in [1.29, 1.82) is 0 Å². The molecule has 0 aromatic heterocycles. The van der Waals surface area contributed by atoms with Crippen molar-refractivity contribution in [3.63, 3.8) is 0 Å². The van der Waals surface area contributed by atoms with Crippen LogP contribution >= 0.6 is 0 Å². The molecule has 0 aliphatic rings. The summed E-state index contributed by atoms with van der Waals surface area (Å²) < 4.78 is 18.6. The van der Waals surface area contributed by atoms with Crippen LogP contribution < -0.4 is 15.8 Å². The molecule has 0 aliphatic carbocycles. The van der Waals surface area contributed by atoms with Crippen LogP contribution in [0.25, 0.3) is 0 Å². The molecule has 0 fully saturated rings. The molecule has 3 nitrogen and oxygen atoms in total. The van der Waals surface area contributed by atoms with Crippen molar-refractivity contribution in [1.82, 2.24) is 0 Å². The maximum absolute atomic E-state index is 13.5. The lowest BCUT2D eigenvalue weighted by Crippen LogP contribution is -2.06. The normalized spacial score (nSPS) is 10.2. The summed E-state index contributed by atoms with van der Waals surface area (Å²) >= 11 is 0. The predicted molar refractivity (Wildman–Crippen MR) is 76.0 cm³/mol. The smallest absolute Gasteiger partial charge is 0.148 e. The van der Waals surface area contributed by atoms with E-state index in [1.165, 1.54) is 11.6 Å². The molecule has 0 unspecified atom stereocenters. The summed E-state index contributed by atoms with van der Waals surface area (Å²) in [6, 6.07) is 12.5. The third-order valence-corrected chi connectivity index (χ3v) is 2.88. The molecule has 2 rings (SSSR count). The minimum Gasteiger partial charge on any atom is -0.497 e. The number of halogens is 1. The molecule has 0 saturated heterocycles. The summed E-state index contributed by atoms with van der Waals surface area (Å²) in [6.07, 6.45) is 0.813. The summed E-state index contributed by atoms with van der Waals surface area (Å²) in [5, 5.41) is 3.06. The Morgan fingerprint density at radius 2 is 1.89 bits per heavy atom. The first kappa shape index (κ1) is 13.2. The van der Waals surface area contributed by atoms with E-state index >= 15 is 0 Å². The Kier molecular flexibility index (Phi) is 4.23. The van der Waals surface area contributed by atoms with E-state index in [4.69, 9.17) is 10.5 Å². The number of anilines is 2. The molecule has 0 amide bonds. The van der Waals surface area contributed by atoms with Gasteiger partial charge < -0.3 is 15.8 Å². The van der Waals surface area contributed by atoms with Crippen molar-refractivity contribution in [2.75, 3.05) is 24.7 Å². The van der Waals surface area contributed by atoms with Crippen LogP contribution in [0.5, 0.6) is 5.75 Å². The highest BCUT2D eigenvalue weighted by Gasteiger charge is 2.01. The Labute approximate surface area is 112 Å². The summed E-state index contributed by atoms with van der Waals surface area (Å²) in [5.74, 6) is 0.510. The van der Waals surface area contributed by atoms with Gasteiger partial charge in [-0.15, -0.1) is 0 Å². The Morgan fingerprint density at radius 1 is 1.16 bits per heavy atom. The maximum Gasteiger partial charge on any atom is 0.148 e. The Bertz CT molecular complexity index is 540. The molecule has 100 valence electrons. The van der Waals surface area contributed by atoms with Crippen LogP contribution in [0, 0.1) is 5.82 Å². The molecule has 0 spiro atoms. The molecule has 0 aliphatic heterocycles. The lowest BCUT2D eigenvalue weighted by molar-refractivity contribution is 0.414. The highest BCUT2D eigenvalue weighted by Crippen LogP contribution is 2.17. The minimum absolute atomic E-state index is 0.324. The van der Waals surface area contributed by atoms with Gasteiger partial charge in [0.2, 0.25) is 0 Å². The Balaban J connectivity index is 1.88. The summed E-state index contributed by atoms with van der Waals surface area (Å²) in [5.41, 5.74) is 7.57. The van der Waals surface area contributed by atoms with Gasteiger partial charge in [0.25, 0.3) is 0 Å². The van der Waals surface area contributed by atoms with Crippen LogP contribution in [-0.4, -0.2) is 13.7 Å². The topological polar surface area (TPSA) is 47.3 Å². The van der Waals surface area contributed by atoms with Gasteiger partial charge in [0, 0.05) is 12.2 Å². The zero-order valence-electron chi connectivity index (χ0n) is 10.8. The van der Waals surface area contributed by atoms with Gasteiger partial charge in [0.15, 0.2) is 0 Å². The first-order chi connectivity index (χ1) is 9.19. The van der Waals surface area contributed by atoms with Crippen molar-refractivity contribution in [2.24, 2.45) is 0 Å². The second-order valence-corrected chi connectivity index (χ2v) is 4.26. The van der Waals surface area contributed by atoms with Crippen molar-refractivity contribution in [3.8, 4) is 5.75 Å². The van der Waals surface area contributed by atoms with Gasteiger partial charge in [-0.2, -0.15) is 0 Å². The molecular formula is C15H17FN2O. The molecule has 19 heavy (non-hydrogen) atoms. The molecular weight excluding hydrogens is 243 g/mol. The van der Waals surface area contributed by atoms with E-state index in [-0.39, 0.29) is 5.82 Å². The monoisotopic (exact) mass is 260 g/mol. The molecule has 0 atom stereocenters. The van der Waals surface area contributed by atoms with Crippen molar-refractivity contribution in [2.45, 2.75) is 6.42 Å². The second kappa shape index (κ2) is 6.09. The summed E-state index contributed by atoms with van der Waals surface area (Å²) in [4.78, 5) is 0. The van der Waals surface area contributed by atoms with Crippen LogP contribution in [0.2, 0.25) is 0 Å². The fourth-order valence-electron chi connectivity index (χ4n) is 1.81. The SMILES string of the molecule is COc1ccc(CCNc2ccc(N)cc2F)cc1. The number of hydrogen-bond acceptors (Lipinski definition) is 3. The molecule has 0 radical (unpaired) electrons. The van der Waals surface area contributed by atoms with Gasteiger partial charge in [-0.05, 0) is 42.3 Å². The quantitative estimate of drug-likeness (QED) is 0.812. The number of nitrogen functional groups attached to an aromatic ring is 1. The third-order valence-electron chi connectivity index (χ3n) is 2.88. The number of nitrogens with two attached hydrogens (primary N) is 1. The zero-order chi connectivity index (χ0) is 13.7. The zero-order valence-corrected chi connectivity index (χ0v) is 10.8. The van der Waals surface area contributed by atoms with E-state index in [1.807, 2.05) is 24.3 Å². The molecule has 0 saturated carbocycles. The van der Waals surface area contributed by atoms with E-state index in [0.29, 0.717) is 17.9 Å². The lowest BCUT2D eigenvalue weighted by Gasteiger charge is -2.08.